The fourth-order valence-electron chi connectivity index (χ4n) is 2.32. The van der Waals surface area contributed by atoms with Crippen LogP contribution in [0.3, 0.4) is 0 Å². The maximum atomic E-state index is 13.5. The molecule has 1 aliphatic heterocycles. The molecule has 19 heavy (non-hydrogen) atoms. The second-order valence-corrected chi connectivity index (χ2v) is 4.89. The number of nitrogens with zero attached hydrogens (tertiary/aromatic N) is 1. The monoisotopic (exact) mass is 267 g/mol. The summed E-state index contributed by atoms with van der Waals surface area (Å²) < 4.78 is 19.2. The molecule has 0 amide bonds. The molecule has 2 rings (SSSR count). The zero-order valence-corrected chi connectivity index (χ0v) is 10.9. The lowest BCUT2D eigenvalue weighted by Gasteiger charge is -2.18. The third-order valence-corrected chi connectivity index (χ3v) is 3.38. The van der Waals surface area contributed by atoms with Crippen LogP contribution in [0.2, 0.25) is 0 Å². The predicted molar refractivity (Wildman–Crippen MR) is 69.1 cm³/mol. The molecule has 104 valence electrons. The van der Waals surface area contributed by atoms with Crippen molar-refractivity contribution in [1.82, 2.24) is 4.90 Å². The lowest BCUT2D eigenvalue weighted by Crippen LogP contribution is -2.22. The van der Waals surface area contributed by atoms with Gasteiger partial charge in [-0.3, -0.25) is 0 Å². The van der Waals surface area contributed by atoms with Crippen molar-refractivity contribution in [3.8, 4) is 5.75 Å². The van der Waals surface area contributed by atoms with Crippen LogP contribution in [0.15, 0.2) is 18.2 Å². The second-order valence-electron chi connectivity index (χ2n) is 4.89. The highest BCUT2D eigenvalue weighted by molar-refractivity contribution is 5.91. The van der Waals surface area contributed by atoms with E-state index in [1.54, 1.807) is 0 Å². The Morgan fingerprint density at radius 3 is 2.95 bits per heavy atom. The molecule has 1 atom stereocenters. The van der Waals surface area contributed by atoms with Crippen LogP contribution >= 0.6 is 0 Å². The maximum Gasteiger partial charge on any atom is 0.342 e. The molecule has 0 bridgehead atoms. The van der Waals surface area contributed by atoms with Crippen molar-refractivity contribution < 1.29 is 19.0 Å². The molecule has 0 aliphatic carbocycles. The van der Waals surface area contributed by atoms with Crippen LogP contribution < -0.4 is 4.74 Å². The number of benzene rings is 1. The largest absolute Gasteiger partial charge is 0.489 e. The number of hydrogen-bond donors (Lipinski definition) is 1. The molecule has 4 nitrogen and oxygen atoms in total. The van der Waals surface area contributed by atoms with Gasteiger partial charge in [0.25, 0.3) is 0 Å². The first-order valence-corrected chi connectivity index (χ1v) is 6.45. The van der Waals surface area contributed by atoms with E-state index in [4.69, 9.17) is 9.84 Å². The number of carboxylic acids is 1. The van der Waals surface area contributed by atoms with Crippen LogP contribution in [0.5, 0.6) is 5.75 Å². The molecule has 1 aromatic carbocycles. The fourth-order valence-corrected chi connectivity index (χ4v) is 2.32. The topological polar surface area (TPSA) is 49.8 Å². The number of carbonyl (C=O) groups is 1. The number of likely N-dealkylation sites (tertiary alicyclic amines) is 1. The summed E-state index contributed by atoms with van der Waals surface area (Å²) >= 11 is 0. The molecule has 1 aromatic rings. The first-order chi connectivity index (χ1) is 9.08. The Bertz CT molecular complexity index is 464. The maximum absolute atomic E-state index is 13.5. The molecule has 1 N–H and O–H groups in total. The SMILES string of the molecule is CN1CCCC(Oc2cccc(F)c2C(=O)O)CC1. The molecule has 0 radical (unpaired) electrons. The van der Waals surface area contributed by atoms with E-state index in [9.17, 15) is 9.18 Å². The van der Waals surface area contributed by atoms with Gasteiger partial charge in [0.15, 0.2) is 0 Å². The number of halogens is 1. The standard InChI is InChI=1S/C14H18FNO3/c1-16-8-3-4-10(7-9-16)19-12-6-2-5-11(15)13(12)14(17)18/h2,5-6,10H,3-4,7-9H2,1H3,(H,17,18). The molecule has 1 saturated heterocycles. The van der Waals surface area contributed by atoms with Gasteiger partial charge in [0, 0.05) is 6.54 Å². The molecular weight excluding hydrogens is 249 g/mol. The molecule has 1 heterocycles. The van der Waals surface area contributed by atoms with Crippen LogP contribution in [0.4, 0.5) is 4.39 Å². The van der Waals surface area contributed by atoms with E-state index in [1.165, 1.54) is 12.1 Å². The zero-order valence-electron chi connectivity index (χ0n) is 10.9. The van der Waals surface area contributed by atoms with Gasteiger partial charge < -0.3 is 14.7 Å². The van der Waals surface area contributed by atoms with Crippen molar-refractivity contribution >= 4 is 5.97 Å². The highest BCUT2D eigenvalue weighted by Crippen LogP contribution is 2.25. The van der Waals surface area contributed by atoms with E-state index in [1.807, 2.05) is 7.05 Å². The lowest BCUT2D eigenvalue weighted by molar-refractivity contribution is 0.0682. The summed E-state index contributed by atoms with van der Waals surface area (Å²) in [5, 5.41) is 9.05. The summed E-state index contributed by atoms with van der Waals surface area (Å²) in [6.45, 7) is 1.91. The summed E-state index contributed by atoms with van der Waals surface area (Å²) in [6.07, 6.45) is 2.63. The summed E-state index contributed by atoms with van der Waals surface area (Å²) in [5.41, 5.74) is -0.375. The summed E-state index contributed by atoms with van der Waals surface area (Å²) in [4.78, 5) is 13.3. The molecule has 1 fully saturated rings. The lowest BCUT2D eigenvalue weighted by atomic mass is 10.1. The van der Waals surface area contributed by atoms with E-state index in [0.717, 1.165) is 38.4 Å². The van der Waals surface area contributed by atoms with Crippen LogP contribution in [0.1, 0.15) is 29.6 Å². The van der Waals surface area contributed by atoms with Gasteiger partial charge >= 0.3 is 5.97 Å². The molecule has 5 heteroatoms. The third-order valence-electron chi connectivity index (χ3n) is 3.38. The molecule has 0 saturated carbocycles. The van der Waals surface area contributed by atoms with Crippen LogP contribution in [-0.4, -0.2) is 42.2 Å². The van der Waals surface area contributed by atoms with Gasteiger partial charge in [0.1, 0.15) is 23.2 Å². The Balaban J connectivity index is 2.14. The molecule has 0 spiro atoms. The minimum atomic E-state index is -1.29. The van der Waals surface area contributed by atoms with Gasteiger partial charge in [-0.05, 0) is 45.0 Å². The molecule has 1 aliphatic rings. The van der Waals surface area contributed by atoms with E-state index in [0.29, 0.717) is 0 Å². The smallest absolute Gasteiger partial charge is 0.342 e. The second kappa shape index (κ2) is 6.02. The van der Waals surface area contributed by atoms with Crippen molar-refractivity contribution in [1.29, 1.82) is 0 Å². The average molecular weight is 267 g/mol. The highest BCUT2D eigenvalue weighted by Gasteiger charge is 2.21. The number of rotatable bonds is 3. The van der Waals surface area contributed by atoms with Gasteiger partial charge in [-0.15, -0.1) is 0 Å². The van der Waals surface area contributed by atoms with Gasteiger partial charge in [0.05, 0.1) is 0 Å². The van der Waals surface area contributed by atoms with Crippen LogP contribution in [0, 0.1) is 5.82 Å². The first-order valence-electron chi connectivity index (χ1n) is 6.45. The predicted octanol–water partition coefficient (Wildman–Crippen LogP) is 2.39. The first kappa shape index (κ1) is 13.8. The Morgan fingerprint density at radius 1 is 1.42 bits per heavy atom. The van der Waals surface area contributed by atoms with E-state index >= 15 is 0 Å². The normalized spacial score (nSPS) is 20.8. The van der Waals surface area contributed by atoms with Gasteiger partial charge in [-0.1, -0.05) is 6.07 Å². The Hall–Kier alpha value is -1.62. The Labute approximate surface area is 111 Å². The quantitative estimate of drug-likeness (QED) is 0.913. The molecule has 1 unspecified atom stereocenters. The van der Waals surface area contributed by atoms with Crippen molar-refractivity contribution in [2.24, 2.45) is 0 Å². The van der Waals surface area contributed by atoms with E-state index in [-0.39, 0.29) is 17.4 Å². The highest BCUT2D eigenvalue weighted by atomic mass is 19.1. The minimum absolute atomic E-state index is 0.0511. The Morgan fingerprint density at radius 2 is 2.21 bits per heavy atom. The van der Waals surface area contributed by atoms with Crippen molar-refractivity contribution in [2.75, 3.05) is 20.1 Å². The number of ether oxygens (including phenoxy) is 1. The van der Waals surface area contributed by atoms with Crippen LogP contribution in [0.25, 0.3) is 0 Å². The fraction of sp³-hybridized carbons (Fsp3) is 0.500. The number of hydrogen-bond acceptors (Lipinski definition) is 3. The summed E-state index contributed by atoms with van der Waals surface area (Å²) in [5.74, 6) is -1.92. The summed E-state index contributed by atoms with van der Waals surface area (Å²) in [7, 11) is 2.05. The number of carboxylic acid groups (broad SMARTS) is 1. The molecular formula is C14H18FNO3. The zero-order chi connectivity index (χ0) is 13.8. The van der Waals surface area contributed by atoms with Gasteiger partial charge in [0.2, 0.25) is 0 Å². The van der Waals surface area contributed by atoms with Gasteiger partial charge in [-0.2, -0.15) is 0 Å². The van der Waals surface area contributed by atoms with E-state index < -0.39 is 11.8 Å². The average Bonchev–Trinajstić information content (AvgIpc) is 2.54. The number of aromatic carboxylic acids is 1. The van der Waals surface area contributed by atoms with E-state index in [2.05, 4.69) is 4.90 Å². The molecule has 0 aromatic heterocycles. The van der Waals surface area contributed by atoms with Crippen LogP contribution in [-0.2, 0) is 0 Å². The van der Waals surface area contributed by atoms with Crippen molar-refractivity contribution in [2.45, 2.75) is 25.4 Å². The minimum Gasteiger partial charge on any atom is -0.489 e. The van der Waals surface area contributed by atoms with Gasteiger partial charge in [-0.25, -0.2) is 9.18 Å². The summed E-state index contributed by atoms with van der Waals surface area (Å²) in [6, 6.07) is 4.12. The third kappa shape index (κ3) is 3.44. The Kier molecular flexibility index (Phi) is 4.37. The van der Waals surface area contributed by atoms with Crippen molar-refractivity contribution in [3.05, 3.63) is 29.6 Å². The van der Waals surface area contributed by atoms with Crippen molar-refractivity contribution in [3.63, 3.8) is 0 Å².